The van der Waals surface area contributed by atoms with Gasteiger partial charge in [0.15, 0.2) is 0 Å². The maximum Gasteiger partial charge on any atom is 0.321 e. The van der Waals surface area contributed by atoms with Crippen LogP contribution in [0.2, 0.25) is 0 Å². The van der Waals surface area contributed by atoms with Crippen molar-refractivity contribution in [2.24, 2.45) is 5.92 Å². The van der Waals surface area contributed by atoms with Crippen LogP contribution in [0.4, 0.5) is 4.39 Å². The van der Waals surface area contributed by atoms with Gasteiger partial charge >= 0.3 is 5.97 Å². The molecule has 0 saturated heterocycles. The summed E-state index contributed by atoms with van der Waals surface area (Å²) in [4.78, 5) is 10.9. The average Bonchev–Trinajstić information content (AvgIpc) is 2.30. The molecule has 2 N–H and O–H groups in total. The smallest absolute Gasteiger partial charge is 0.321 e. The van der Waals surface area contributed by atoms with Gasteiger partial charge in [-0.25, -0.2) is 12.8 Å². The molecule has 1 aromatic carbocycles. The summed E-state index contributed by atoms with van der Waals surface area (Å²) in [5.74, 6) is -1.90. The lowest BCUT2D eigenvalue weighted by Crippen LogP contribution is -2.41. The fraction of sp³-hybridized carbons (Fsp3) is 0.462. The van der Waals surface area contributed by atoms with Crippen LogP contribution in [-0.4, -0.2) is 25.5 Å². The van der Waals surface area contributed by atoms with Gasteiger partial charge in [-0.15, -0.1) is 0 Å². The molecule has 1 aromatic rings. The van der Waals surface area contributed by atoms with Gasteiger partial charge in [0, 0.05) is 5.56 Å². The molecule has 1 atom stereocenters. The minimum Gasteiger partial charge on any atom is -0.480 e. The molecule has 0 saturated carbocycles. The lowest BCUT2D eigenvalue weighted by atomic mass is 10.1. The zero-order valence-corrected chi connectivity index (χ0v) is 12.4. The Morgan fingerprint density at radius 2 is 2.00 bits per heavy atom. The summed E-state index contributed by atoms with van der Waals surface area (Å²) in [7, 11) is -4.07. The minimum absolute atomic E-state index is 0.00686. The third-order valence-electron chi connectivity index (χ3n) is 2.81. The Balaban J connectivity index is 3.10. The van der Waals surface area contributed by atoms with Crippen LogP contribution in [0.25, 0.3) is 0 Å². The van der Waals surface area contributed by atoms with Gasteiger partial charge < -0.3 is 5.11 Å². The van der Waals surface area contributed by atoms with E-state index >= 15 is 0 Å². The number of sulfonamides is 1. The molecular formula is C13H18FNO4S. The summed E-state index contributed by atoms with van der Waals surface area (Å²) in [6.07, 6.45) is 0.156. The first-order chi connectivity index (χ1) is 9.15. The van der Waals surface area contributed by atoms with Crippen LogP contribution in [0.15, 0.2) is 23.1 Å². The normalized spacial score (nSPS) is 13.4. The third-order valence-corrected chi connectivity index (χ3v) is 4.43. The van der Waals surface area contributed by atoms with Crippen LogP contribution in [-0.2, 0) is 14.8 Å². The molecule has 7 heteroatoms. The van der Waals surface area contributed by atoms with Gasteiger partial charge in [0.2, 0.25) is 10.0 Å². The molecule has 0 bridgehead atoms. The van der Waals surface area contributed by atoms with Gasteiger partial charge in [0.1, 0.15) is 11.9 Å². The third kappa shape index (κ3) is 4.01. The van der Waals surface area contributed by atoms with Crippen LogP contribution in [0.5, 0.6) is 0 Å². The van der Waals surface area contributed by atoms with Crippen molar-refractivity contribution in [2.75, 3.05) is 0 Å². The summed E-state index contributed by atoms with van der Waals surface area (Å²) < 4.78 is 39.8. The molecule has 0 heterocycles. The number of nitrogens with one attached hydrogen (secondary N) is 1. The van der Waals surface area contributed by atoms with Gasteiger partial charge in [-0.05, 0) is 31.4 Å². The highest BCUT2D eigenvalue weighted by Gasteiger charge is 2.27. The Labute approximate surface area is 117 Å². The summed E-state index contributed by atoms with van der Waals surface area (Å²) in [6.45, 7) is 4.91. The Bertz CT molecular complexity index is 598. The summed E-state index contributed by atoms with van der Waals surface area (Å²) in [5, 5.41) is 9.06. The van der Waals surface area contributed by atoms with Crippen molar-refractivity contribution in [2.45, 2.75) is 38.1 Å². The zero-order valence-electron chi connectivity index (χ0n) is 11.6. The van der Waals surface area contributed by atoms with E-state index in [9.17, 15) is 17.6 Å². The highest BCUT2D eigenvalue weighted by atomic mass is 32.2. The molecule has 0 aromatic heterocycles. The second-order valence-electron chi connectivity index (χ2n) is 5.00. The van der Waals surface area contributed by atoms with E-state index < -0.39 is 27.9 Å². The molecule has 1 rings (SSSR count). The predicted octanol–water partition coefficient (Wildman–Crippen LogP) is 1.91. The van der Waals surface area contributed by atoms with Gasteiger partial charge in [0.05, 0.1) is 4.90 Å². The predicted molar refractivity (Wildman–Crippen MR) is 72.3 cm³/mol. The van der Waals surface area contributed by atoms with E-state index in [0.29, 0.717) is 0 Å². The number of carbonyl (C=O) groups is 1. The van der Waals surface area contributed by atoms with Crippen molar-refractivity contribution >= 4 is 16.0 Å². The number of benzene rings is 1. The van der Waals surface area contributed by atoms with Gasteiger partial charge in [-0.1, -0.05) is 19.9 Å². The Hall–Kier alpha value is -1.47. The van der Waals surface area contributed by atoms with Gasteiger partial charge in [-0.3, -0.25) is 4.79 Å². The molecule has 0 aliphatic heterocycles. The number of carboxylic acid groups (broad SMARTS) is 1. The second-order valence-corrected chi connectivity index (χ2v) is 6.69. The minimum atomic E-state index is -4.07. The fourth-order valence-electron chi connectivity index (χ4n) is 1.80. The molecule has 0 spiro atoms. The lowest BCUT2D eigenvalue weighted by Gasteiger charge is -2.17. The number of aliphatic carboxylic acids is 1. The SMILES string of the molecule is Cc1c(F)cccc1S(=O)(=O)N[C@H](CC(C)C)C(=O)O. The molecule has 20 heavy (non-hydrogen) atoms. The lowest BCUT2D eigenvalue weighted by molar-refractivity contribution is -0.139. The first-order valence-electron chi connectivity index (χ1n) is 6.15. The largest absolute Gasteiger partial charge is 0.480 e. The molecule has 0 amide bonds. The van der Waals surface area contributed by atoms with Crippen LogP contribution in [0.1, 0.15) is 25.8 Å². The van der Waals surface area contributed by atoms with Crippen molar-refractivity contribution < 1.29 is 22.7 Å². The van der Waals surface area contributed by atoms with E-state index in [0.717, 1.165) is 6.07 Å². The van der Waals surface area contributed by atoms with E-state index in [1.807, 2.05) is 0 Å². The highest BCUT2D eigenvalue weighted by Crippen LogP contribution is 2.18. The van der Waals surface area contributed by atoms with Crippen molar-refractivity contribution in [3.05, 3.63) is 29.6 Å². The maximum atomic E-state index is 13.4. The molecule has 0 aliphatic rings. The zero-order chi connectivity index (χ0) is 15.5. The molecule has 0 radical (unpaired) electrons. The second kappa shape index (κ2) is 6.32. The Morgan fingerprint density at radius 3 is 2.50 bits per heavy atom. The van der Waals surface area contributed by atoms with Gasteiger partial charge in [0.25, 0.3) is 0 Å². The van der Waals surface area contributed by atoms with Crippen LogP contribution in [0.3, 0.4) is 0 Å². The average molecular weight is 303 g/mol. The van der Waals surface area contributed by atoms with Crippen molar-refractivity contribution in [3.63, 3.8) is 0 Å². The fourth-order valence-corrected chi connectivity index (χ4v) is 3.26. The molecule has 0 unspecified atom stereocenters. The van der Waals surface area contributed by atoms with Gasteiger partial charge in [-0.2, -0.15) is 4.72 Å². The van der Waals surface area contributed by atoms with Crippen LogP contribution < -0.4 is 4.72 Å². The Kier molecular flexibility index (Phi) is 5.24. The number of hydrogen-bond donors (Lipinski definition) is 2. The molecule has 5 nitrogen and oxygen atoms in total. The number of carboxylic acids is 1. The summed E-state index contributed by atoms with van der Waals surface area (Å²) >= 11 is 0. The van der Waals surface area contributed by atoms with Crippen molar-refractivity contribution in [1.29, 1.82) is 0 Å². The standard InChI is InChI=1S/C13H18FNO4S/c1-8(2)7-11(13(16)17)15-20(18,19)12-6-4-5-10(14)9(12)3/h4-6,8,11,15H,7H2,1-3H3,(H,16,17)/t11-/m1/s1. The van der Waals surface area contributed by atoms with Crippen LogP contribution in [0, 0.1) is 18.7 Å². The Morgan fingerprint density at radius 1 is 1.40 bits per heavy atom. The van der Waals surface area contributed by atoms with E-state index in [1.165, 1.54) is 19.1 Å². The van der Waals surface area contributed by atoms with Crippen molar-refractivity contribution in [1.82, 2.24) is 4.72 Å². The summed E-state index contributed by atoms with van der Waals surface area (Å²) in [6, 6.07) is 2.43. The highest BCUT2D eigenvalue weighted by molar-refractivity contribution is 7.89. The first kappa shape index (κ1) is 16.6. The van der Waals surface area contributed by atoms with E-state index in [-0.39, 0.29) is 22.8 Å². The topological polar surface area (TPSA) is 83.5 Å². The molecule has 0 aliphatic carbocycles. The maximum absolute atomic E-state index is 13.4. The molecule has 0 fully saturated rings. The van der Waals surface area contributed by atoms with Crippen LogP contribution >= 0.6 is 0 Å². The quantitative estimate of drug-likeness (QED) is 0.841. The van der Waals surface area contributed by atoms with E-state index in [1.54, 1.807) is 13.8 Å². The number of rotatable bonds is 6. The van der Waals surface area contributed by atoms with E-state index in [4.69, 9.17) is 5.11 Å². The number of halogens is 1. The monoisotopic (exact) mass is 303 g/mol. The first-order valence-corrected chi connectivity index (χ1v) is 7.63. The van der Waals surface area contributed by atoms with Crippen molar-refractivity contribution in [3.8, 4) is 0 Å². The summed E-state index contributed by atoms with van der Waals surface area (Å²) in [5.41, 5.74) is -0.0336. The number of hydrogen-bond acceptors (Lipinski definition) is 3. The van der Waals surface area contributed by atoms with E-state index in [2.05, 4.69) is 4.72 Å². The molecule has 112 valence electrons. The molecular weight excluding hydrogens is 285 g/mol.